The highest BCUT2D eigenvalue weighted by atomic mass is 127. The van der Waals surface area contributed by atoms with E-state index in [1.165, 1.54) is 18.5 Å². The third-order valence-electron chi connectivity index (χ3n) is 3.74. The molecular weight excluding hydrogens is 517 g/mol. The number of nitrogens with one attached hydrogen (secondary N) is 3. The summed E-state index contributed by atoms with van der Waals surface area (Å²) in [7, 11) is -3.58. The minimum atomic E-state index is -3.58. The summed E-state index contributed by atoms with van der Waals surface area (Å²) in [5.41, 5.74) is 0.948. The molecule has 1 heterocycles. The Kier molecular flexibility index (Phi) is 12.0. The van der Waals surface area contributed by atoms with Gasteiger partial charge in [-0.3, -0.25) is 4.98 Å². The lowest BCUT2D eigenvalue weighted by Gasteiger charge is -2.13. The van der Waals surface area contributed by atoms with Crippen LogP contribution in [0.3, 0.4) is 0 Å². The Morgan fingerprint density at radius 1 is 1.20 bits per heavy atom. The minimum Gasteiger partial charge on any atom is -0.489 e. The summed E-state index contributed by atoms with van der Waals surface area (Å²) in [4.78, 5) is 8.51. The van der Waals surface area contributed by atoms with E-state index in [9.17, 15) is 8.42 Å². The van der Waals surface area contributed by atoms with Crippen molar-refractivity contribution in [3.8, 4) is 5.75 Å². The monoisotopic (exact) mass is 545 g/mol. The summed E-state index contributed by atoms with van der Waals surface area (Å²) in [5, 5.41) is 6.26. The highest BCUT2D eigenvalue weighted by Crippen LogP contribution is 2.18. The van der Waals surface area contributed by atoms with Crippen LogP contribution in [0, 0.1) is 0 Å². The third-order valence-corrected chi connectivity index (χ3v) is 5.18. The van der Waals surface area contributed by atoms with Gasteiger partial charge in [-0.1, -0.05) is 30.9 Å². The van der Waals surface area contributed by atoms with Crippen molar-refractivity contribution in [2.45, 2.75) is 18.4 Å². The molecule has 0 aliphatic heterocycles. The van der Waals surface area contributed by atoms with Gasteiger partial charge in [0.25, 0.3) is 0 Å². The number of pyridine rings is 1. The normalized spacial score (nSPS) is 11.3. The topological polar surface area (TPSA) is 105 Å². The Bertz CT molecular complexity index is 908. The predicted molar refractivity (Wildman–Crippen MR) is 130 cm³/mol. The number of benzene rings is 1. The highest BCUT2D eigenvalue weighted by Gasteiger charge is 2.12. The Morgan fingerprint density at radius 3 is 2.70 bits per heavy atom. The number of sulfonamides is 1. The van der Waals surface area contributed by atoms with E-state index in [0.717, 1.165) is 11.3 Å². The minimum absolute atomic E-state index is 0. The Morgan fingerprint density at radius 2 is 2.00 bits per heavy atom. The maximum absolute atomic E-state index is 12.2. The van der Waals surface area contributed by atoms with Crippen LogP contribution in [0.2, 0.25) is 0 Å². The van der Waals surface area contributed by atoms with Gasteiger partial charge < -0.3 is 15.4 Å². The number of halogens is 1. The lowest BCUT2D eigenvalue weighted by molar-refractivity contribution is 0.359. The smallest absolute Gasteiger partial charge is 0.242 e. The summed E-state index contributed by atoms with van der Waals surface area (Å²) in [6, 6.07) is 10.8. The molecule has 0 fully saturated rings. The Labute approximate surface area is 195 Å². The van der Waals surface area contributed by atoms with Gasteiger partial charge in [-0.25, -0.2) is 18.1 Å². The standard InChI is InChI=1S/C20H27N5O3S.HI/c1-3-14-28-19-10-6-5-8-17(19)15-24-20(22-4-2)23-12-13-25-29(26,27)18-9-7-11-21-16-18;/h3,5-11,16,25H,1,4,12-15H2,2H3,(H2,22,23,24);1H. The molecule has 0 atom stereocenters. The van der Waals surface area contributed by atoms with Gasteiger partial charge in [0.2, 0.25) is 10.0 Å². The van der Waals surface area contributed by atoms with Crippen molar-refractivity contribution in [3.63, 3.8) is 0 Å². The van der Waals surface area contributed by atoms with E-state index >= 15 is 0 Å². The largest absolute Gasteiger partial charge is 0.489 e. The lowest BCUT2D eigenvalue weighted by Crippen LogP contribution is -2.41. The van der Waals surface area contributed by atoms with Gasteiger partial charge >= 0.3 is 0 Å². The molecule has 0 bridgehead atoms. The number of nitrogens with zero attached hydrogens (tertiary/aromatic N) is 2. The zero-order valence-corrected chi connectivity index (χ0v) is 20.0. The summed E-state index contributed by atoms with van der Waals surface area (Å²) < 4.78 is 32.6. The first-order valence-electron chi connectivity index (χ1n) is 9.30. The molecule has 0 amide bonds. The number of guanidine groups is 1. The molecule has 0 saturated heterocycles. The molecule has 0 aliphatic carbocycles. The molecular formula is C20H28IN5O3S. The molecule has 1 aromatic heterocycles. The van der Waals surface area contributed by atoms with Gasteiger partial charge in [-0.2, -0.15) is 0 Å². The van der Waals surface area contributed by atoms with E-state index in [1.54, 1.807) is 12.1 Å². The molecule has 3 N–H and O–H groups in total. The maximum Gasteiger partial charge on any atom is 0.242 e. The molecule has 0 saturated carbocycles. The van der Waals surface area contributed by atoms with Crippen molar-refractivity contribution in [2.75, 3.05) is 26.2 Å². The number of rotatable bonds is 11. The maximum atomic E-state index is 12.2. The lowest BCUT2D eigenvalue weighted by atomic mass is 10.2. The van der Waals surface area contributed by atoms with Crippen LogP contribution in [0.4, 0.5) is 0 Å². The van der Waals surface area contributed by atoms with E-state index in [2.05, 4.69) is 31.9 Å². The first-order chi connectivity index (χ1) is 14.1. The molecule has 2 rings (SSSR count). The van der Waals surface area contributed by atoms with E-state index in [1.807, 2.05) is 31.2 Å². The first kappa shape index (κ1) is 25.9. The van der Waals surface area contributed by atoms with Gasteiger partial charge in [0.1, 0.15) is 17.3 Å². The second kappa shape index (κ2) is 13.9. The molecule has 0 unspecified atom stereocenters. The molecule has 10 heteroatoms. The highest BCUT2D eigenvalue weighted by molar-refractivity contribution is 14.0. The zero-order valence-electron chi connectivity index (χ0n) is 16.9. The van der Waals surface area contributed by atoms with E-state index in [0.29, 0.717) is 32.2 Å². The van der Waals surface area contributed by atoms with Crippen LogP contribution < -0.4 is 20.1 Å². The molecule has 0 spiro atoms. The van der Waals surface area contributed by atoms with Crippen molar-refractivity contribution in [2.24, 2.45) is 4.99 Å². The van der Waals surface area contributed by atoms with Crippen LogP contribution in [0.15, 0.2) is 71.3 Å². The second-order valence-electron chi connectivity index (χ2n) is 5.92. The van der Waals surface area contributed by atoms with Crippen LogP contribution in [0.1, 0.15) is 12.5 Å². The Hall–Kier alpha value is -2.18. The SMILES string of the molecule is C=CCOc1ccccc1CN=C(NCC)NCCNS(=O)(=O)c1cccnc1.I. The van der Waals surface area contributed by atoms with E-state index in [-0.39, 0.29) is 35.4 Å². The average molecular weight is 545 g/mol. The van der Waals surface area contributed by atoms with Crippen molar-refractivity contribution < 1.29 is 13.2 Å². The second-order valence-corrected chi connectivity index (χ2v) is 7.68. The van der Waals surface area contributed by atoms with Crippen LogP contribution in [-0.4, -0.2) is 45.6 Å². The fourth-order valence-electron chi connectivity index (χ4n) is 2.39. The molecule has 30 heavy (non-hydrogen) atoms. The van der Waals surface area contributed by atoms with Gasteiger partial charge in [0, 0.05) is 37.6 Å². The average Bonchev–Trinajstić information content (AvgIpc) is 2.74. The van der Waals surface area contributed by atoms with Gasteiger partial charge in [-0.05, 0) is 25.1 Å². The fourth-order valence-corrected chi connectivity index (χ4v) is 3.38. The molecule has 8 nitrogen and oxygen atoms in total. The summed E-state index contributed by atoms with van der Waals surface area (Å²) in [6.45, 7) is 7.73. The molecule has 0 aliphatic rings. The van der Waals surface area contributed by atoms with Crippen molar-refractivity contribution in [1.29, 1.82) is 0 Å². The third kappa shape index (κ3) is 8.67. The van der Waals surface area contributed by atoms with Gasteiger partial charge in [0.05, 0.1) is 6.54 Å². The molecule has 2 aromatic rings. The van der Waals surface area contributed by atoms with Crippen LogP contribution in [0.25, 0.3) is 0 Å². The molecule has 0 radical (unpaired) electrons. The van der Waals surface area contributed by atoms with E-state index < -0.39 is 10.0 Å². The quantitative estimate of drug-likeness (QED) is 0.132. The first-order valence-corrected chi connectivity index (χ1v) is 10.8. The predicted octanol–water partition coefficient (Wildman–Crippen LogP) is 2.30. The number of aromatic nitrogens is 1. The fraction of sp³-hybridized carbons (Fsp3) is 0.300. The Balaban J connectivity index is 0.00000450. The summed E-state index contributed by atoms with van der Waals surface area (Å²) in [6.07, 6.45) is 4.53. The molecule has 1 aromatic carbocycles. The van der Waals surface area contributed by atoms with Crippen LogP contribution >= 0.6 is 24.0 Å². The van der Waals surface area contributed by atoms with Gasteiger partial charge in [-0.15, -0.1) is 24.0 Å². The molecule has 164 valence electrons. The van der Waals surface area contributed by atoms with E-state index in [4.69, 9.17) is 4.74 Å². The number of para-hydroxylation sites is 1. The van der Waals surface area contributed by atoms with Crippen molar-refractivity contribution in [3.05, 3.63) is 67.0 Å². The summed E-state index contributed by atoms with van der Waals surface area (Å²) >= 11 is 0. The number of hydrogen-bond acceptors (Lipinski definition) is 5. The number of ether oxygens (including phenoxy) is 1. The van der Waals surface area contributed by atoms with Crippen molar-refractivity contribution in [1.82, 2.24) is 20.3 Å². The van der Waals surface area contributed by atoms with Gasteiger partial charge in [0.15, 0.2) is 5.96 Å². The van der Waals surface area contributed by atoms with Crippen LogP contribution in [-0.2, 0) is 16.6 Å². The van der Waals surface area contributed by atoms with Crippen molar-refractivity contribution >= 4 is 40.0 Å². The number of hydrogen-bond donors (Lipinski definition) is 3. The number of aliphatic imine (C=N–C) groups is 1. The zero-order chi connectivity index (χ0) is 21.0. The summed E-state index contributed by atoms with van der Waals surface area (Å²) in [5.74, 6) is 1.35. The van der Waals surface area contributed by atoms with Crippen LogP contribution in [0.5, 0.6) is 5.75 Å².